The van der Waals surface area contributed by atoms with Crippen molar-refractivity contribution in [3.05, 3.63) is 87.5 Å². The fourth-order valence-electron chi connectivity index (χ4n) is 4.63. The number of benzene rings is 3. The van der Waals surface area contributed by atoms with Gasteiger partial charge >= 0.3 is 0 Å². The fraction of sp³-hybridized carbons (Fsp3) is 0.143. The summed E-state index contributed by atoms with van der Waals surface area (Å²) in [4.78, 5) is 11.5. The second kappa shape index (κ2) is 4.32. The van der Waals surface area contributed by atoms with Crippen molar-refractivity contribution >= 4 is 5.69 Å². The van der Waals surface area contributed by atoms with Gasteiger partial charge in [-0.3, -0.25) is 10.1 Å². The molecule has 1 atom stereocenters. The number of hydrogen-bond donors (Lipinski definition) is 0. The first-order valence-corrected chi connectivity index (χ1v) is 8.11. The van der Waals surface area contributed by atoms with Crippen molar-refractivity contribution in [3.63, 3.8) is 0 Å². The molecule has 0 saturated carbocycles. The monoisotopic (exact) mass is 313 g/mol. The van der Waals surface area contributed by atoms with Crippen molar-refractivity contribution in [2.45, 2.75) is 18.8 Å². The van der Waals surface area contributed by atoms with Crippen LogP contribution in [0.2, 0.25) is 0 Å². The third-order valence-electron chi connectivity index (χ3n) is 5.57. The number of hydrogen-bond acceptors (Lipinski definition) is 2. The van der Waals surface area contributed by atoms with Gasteiger partial charge in [-0.2, -0.15) is 0 Å². The van der Waals surface area contributed by atoms with Crippen LogP contribution in [-0.2, 0) is 11.8 Å². The summed E-state index contributed by atoms with van der Waals surface area (Å²) in [5.74, 6) is 0. The molecule has 0 radical (unpaired) electrons. The Morgan fingerprint density at radius 2 is 1.62 bits per heavy atom. The van der Waals surface area contributed by atoms with Gasteiger partial charge in [0.2, 0.25) is 0 Å². The first kappa shape index (κ1) is 13.5. The van der Waals surface area contributed by atoms with Gasteiger partial charge in [-0.15, -0.1) is 0 Å². The van der Waals surface area contributed by atoms with E-state index in [1.165, 1.54) is 16.7 Å². The molecular formula is C21H15NO2. The van der Waals surface area contributed by atoms with E-state index in [1.807, 2.05) is 30.3 Å². The minimum atomic E-state index is -0.249. The molecule has 116 valence electrons. The van der Waals surface area contributed by atoms with Crippen LogP contribution in [0.3, 0.4) is 0 Å². The van der Waals surface area contributed by atoms with Crippen molar-refractivity contribution in [1.82, 2.24) is 0 Å². The van der Waals surface area contributed by atoms with Gasteiger partial charge in [0.15, 0.2) is 0 Å². The van der Waals surface area contributed by atoms with E-state index < -0.39 is 0 Å². The molecular weight excluding hydrogens is 298 g/mol. The maximum Gasteiger partial charge on any atom is 0.277 e. The summed E-state index contributed by atoms with van der Waals surface area (Å²) in [5, 5.41) is 11.7. The lowest BCUT2D eigenvalue weighted by Crippen LogP contribution is -2.28. The normalized spacial score (nSPS) is 19.4. The van der Waals surface area contributed by atoms with E-state index in [2.05, 4.69) is 31.2 Å². The van der Waals surface area contributed by atoms with E-state index in [4.69, 9.17) is 0 Å². The third kappa shape index (κ3) is 1.47. The van der Waals surface area contributed by atoms with E-state index in [9.17, 15) is 10.1 Å². The molecule has 1 unspecified atom stereocenters. The van der Waals surface area contributed by atoms with Crippen LogP contribution >= 0.6 is 0 Å². The van der Waals surface area contributed by atoms with E-state index in [-0.39, 0.29) is 16.0 Å². The predicted molar refractivity (Wildman–Crippen MR) is 94.1 cm³/mol. The van der Waals surface area contributed by atoms with Crippen molar-refractivity contribution in [3.8, 4) is 22.3 Å². The van der Waals surface area contributed by atoms with Gasteiger partial charge < -0.3 is 0 Å². The highest BCUT2D eigenvalue weighted by atomic mass is 16.6. The molecule has 3 heteroatoms. The first-order valence-electron chi connectivity index (χ1n) is 8.11. The van der Waals surface area contributed by atoms with Crippen molar-refractivity contribution in [2.24, 2.45) is 0 Å². The summed E-state index contributed by atoms with van der Waals surface area (Å²) >= 11 is 0. The summed E-state index contributed by atoms with van der Waals surface area (Å²) in [7, 11) is 0. The molecule has 0 saturated heterocycles. The van der Waals surface area contributed by atoms with E-state index in [0.29, 0.717) is 0 Å². The molecule has 3 nitrogen and oxygen atoms in total. The lowest BCUT2D eigenvalue weighted by Gasteiger charge is -2.34. The molecule has 0 aromatic heterocycles. The molecule has 0 bridgehead atoms. The number of nitrogens with zero attached hydrogens (tertiary/aromatic N) is 1. The molecule has 0 aliphatic heterocycles. The average molecular weight is 313 g/mol. The first-order chi connectivity index (χ1) is 11.6. The Morgan fingerprint density at radius 3 is 2.42 bits per heavy atom. The molecule has 0 spiro atoms. The Hall–Kier alpha value is -2.94. The summed E-state index contributed by atoms with van der Waals surface area (Å²) in [6, 6.07) is 20.1. The van der Waals surface area contributed by atoms with Crippen LogP contribution in [0.5, 0.6) is 0 Å². The molecule has 2 aliphatic rings. The highest BCUT2D eigenvalue weighted by molar-refractivity contribution is 5.94. The second-order valence-electron chi connectivity index (χ2n) is 6.85. The standard InChI is InChI=1S/C21H15NO2/c1-21-12-13-6-2-3-7-14(13)19-18(22(23)24)11-10-16(20(19)21)15-8-4-5-9-17(15)21/h2-11H,12H2,1H3. The Labute approximate surface area is 139 Å². The summed E-state index contributed by atoms with van der Waals surface area (Å²) < 4.78 is 0. The van der Waals surface area contributed by atoms with Crippen LogP contribution in [0.1, 0.15) is 23.6 Å². The second-order valence-corrected chi connectivity index (χ2v) is 6.85. The third-order valence-corrected chi connectivity index (χ3v) is 5.57. The van der Waals surface area contributed by atoms with Gasteiger partial charge in [-0.05, 0) is 45.9 Å². The van der Waals surface area contributed by atoms with Crippen LogP contribution in [0.15, 0.2) is 60.7 Å². The quantitative estimate of drug-likeness (QED) is 0.463. The van der Waals surface area contributed by atoms with Gasteiger partial charge in [0.1, 0.15) is 0 Å². The van der Waals surface area contributed by atoms with Gasteiger partial charge in [0, 0.05) is 11.5 Å². The lowest BCUT2D eigenvalue weighted by molar-refractivity contribution is -0.384. The fourth-order valence-corrected chi connectivity index (χ4v) is 4.63. The molecule has 5 rings (SSSR count). The highest BCUT2D eigenvalue weighted by Crippen LogP contribution is 2.58. The van der Waals surface area contributed by atoms with Gasteiger partial charge in [-0.1, -0.05) is 55.5 Å². The zero-order chi connectivity index (χ0) is 16.5. The predicted octanol–water partition coefficient (Wildman–Crippen LogP) is 5.10. The van der Waals surface area contributed by atoms with Gasteiger partial charge in [0.25, 0.3) is 5.69 Å². The zero-order valence-corrected chi connectivity index (χ0v) is 13.2. The van der Waals surface area contributed by atoms with Crippen LogP contribution < -0.4 is 0 Å². The molecule has 0 amide bonds. The van der Waals surface area contributed by atoms with Crippen LogP contribution in [0.25, 0.3) is 22.3 Å². The minimum absolute atomic E-state index is 0.207. The summed E-state index contributed by atoms with van der Waals surface area (Å²) in [6.07, 6.45) is 0.876. The Bertz CT molecular complexity index is 1040. The molecule has 0 N–H and O–H groups in total. The zero-order valence-electron chi connectivity index (χ0n) is 13.2. The maximum absolute atomic E-state index is 11.7. The topological polar surface area (TPSA) is 43.1 Å². The minimum Gasteiger partial charge on any atom is -0.258 e. The van der Waals surface area contributed by atoms with Crippen LogP contribution in [0.4, 0.5) is 5.69 Å². The van der Waals surface area contributed by atoms with Gasteiger partial charge in [-0.25, -0.2) is 0 Å². The number of rotatable bonds is 1. The molecule has 2 aliphatic carbocycles. The Balaban J connectivity index is 1.98. The van der Waals surface area contributed by atoms with E-state index >= 15 is 0 Å². The Morgan fingerprint density at radius 1 is 0.917 bits per heavy atom. The van der Waals surface area contributed by atoms with E-state index in [0.717, 1.165) is 28.7 Å². The van der Waals surface area contributed by atoms with Gasteiger partial charge in [0.05, 0.1) is 10.5 Å². The maximum atomic E-state index is 11.7. The average Bonchev–Trinajstić information content (AvgIpc) is 2.85. The number of fused-ring (bicyclic) bond motifs is 5. The van der Waals surface area contributed by atoms with Crippen LogP contribution in [-0.4, -0.2) is 4.92 Å². The summed E-state index contributed by atoms with van der Waals surface area (Å²) in [5.41, 5.74) is 7.74. The molecule has 3 aromatic carbocycles. The number of nitro groups is 1. The van der Waals surface area contributed by atoms with Crippen molar-refractivity contribution < 1.29 is 4.92 Å². The van der Waals surface area contributed by atoms with E-state index in [1.54, 1.807) is 6.07 Å². The largest absolute Gasteiger partial charge is 0.277 e. The molecule has 0 fully saturated rings. The van der Waals surface area contributed by atoms with Crippen LogP contribution in [0, 0.1) is 10.1 Å². The molecule has 0 heterocycles. The highest BCUT2D eigenvalue weighted by Gasteiger charge is 2.46. The van der Waals surface area contributed by atoms with Crippen molar-refractivity contribution in [1.29, 1.82) is 0 Å². The Kier molecular flexibility index (Phi) is 2.43. The smallest absolute Gasteiger partial charge is 0.258 e. The molecule has 24 heavy (non-hydrogen) atoms. The molecule has 3 aromatic rings. The lowest BCUT2D eigenvalue weighted by atomic mass is 9.67. The number of nitro benzene ring substituents is 1. The summed E-state index contributed by atoms with van der Waals surface area (Å²) in [6.45, 7) is 2.22. The van der Waals surface area contributed by atoms with Crippen molar-refractivity contribution in [2.75, 3.05) is 0 Å². The SMILES string of the molecule is CC12Cc3ccccc3-c3c([N+](=O)[O-])ccc(c31)-c1ccccc12.